The van der Waals surface area contributed by atoms with Crippen LogP contribution in [0.25, 0.3) is 0 Å². The molecule has 6 heteroatoms. The summed E-state index contributed by atoms with van der Waals surface area (Å²) < 4.78 is 35.9. The van der Waals surface area contributed by atoms with Crippen molar-refractivity contribution in [2.45, 2.75) is 19.0 Å². The quantitative estimate of drug-likeness (QED) is 0.641. The molecule has 0 saturated carbocycles. The highest BCUT2D eigenvalue weighted by molar-refractivity contribution is 5.81. The lowest BCUT2D eigenvalue weighted by atomic mass is 9.98. The minimum absolute atomic E-state index is 0.0469. The Morgan fingerprint density at radius 1 is 1.29 bits per heavy atom. The Balaban J connectivity index is 2.46. The fourth-order valence-corrected chi connectivity index (χ4v) is 1.48. The zero-order valence-corrected chi connectivity index (χ0v) is 7.51. The van der Waals surface area contributed by atoms with Gasteiger partial charge in [-0.2, -0.15) is 13.2 Å². The van der Waals surface area contributed by atoms with Crippen LogP contribution in [0.4, 0.5) is 13.2 Å². The Morgan fingerprint density at radius 3 is 2.14 bits per heavy atom. The molecule has 1 heterocycles. The fourth-order valence-electron chi connectivity index (χ4n) is 1.48. The third-order valence-corrected chi connectivity index (χ3v) is 2.38. The monoisotopic (exact) mass is 210 g/mol. The summed E-state index contributed by atoms with van der Waals surface area (Å²) in [5, 5.41) is 10.4. The van der Waals surface area contributed by atoms with Crippen molar-refractivity contribution >= 4 is 5.91 Å². The van der Waals surface area contributed by atoms with Gasteiger partial charge in [0.25, 0.3) is 0 Å². The highest BCUT2D eigenvalue weighted by Gasteiger charge is 2.43. The lowest BCUT2D eigenvalue weighted by Crippen LogP contribution is -2.45. The zero-order chi connectivity index (χ0) is 10.8. The molecular weight excluding hydrogens is 199 g/mol. The summed E-state index contributed by atoms with van der Waals surface area (Å²) in [7, 11) is 0. The summed E-state index contributed by atoms with van der Waals surface area (Å²) in [5.41, 5.74) is 0. The molecule has 1 aliphatic rings. The summed E-state index contributed by atoms with van der Waals surface area (Å²) >= 11 is 0. The third-order valence-electron chi connectivity index (χ3n) is 2.38. The summed E-state index contributed by atoms with van der Waals surface area (Å²) in [5.74, 6) is -1.87. The van der Waals surface area contributed by atoms with E-state index in [1.165, 1.54) is 0 Å². The van der Waals surface area contributed by atoms with Crippen LogP contribution in [0.15, 0.2) is 0 Å². The Morgan fingerprint density at radius 2 is 1.79 bits per heavy atom. The molecule has 0 bridgehead atoms. The van der Waals surface area contributed by atoms with Gasteiger partial charge in [0.15, 0.2) is 0 Å². The summed E-state index contributed by atoms with van der Waals surface area (Å²) in [4.78, 5) is 11.5. The van der Waals surface area contributed by atoms with E-state index in [0.717, 1.165) is 4.90 Å². The molecule has 3 nitrogen and oxygen atoms in total. The molecule has 0 atom stereocenters. The van der Waals surface area contributed by atoms with Gasteiger partial charge in [-0.05, 0) is 18.8 Å². The minimum atomic E-state index is -4.79. The number of piperidine rings is 1. The molecule has 1 fully saturated rings. The first-order valence-electron chi connectivity index (χ1n) is 4.39. The molecule has 0 unspecified atom stereocenters. The van der Waals surface area contributed by atoms with Gasteiger partial charge in [0.05, 0.1) is 6.61 Å². The number of carbonyl (C=O) groups excluding carboxylic acids is 1. The van der Waals surface area contributed by atoms with Crippen LogP contribution in [-0.2, 0) is 9.90 Å². The maximum absolute atomic E-state index is 12.0. The van der Waals surface area contributed by atoms with E-state index in [2.05, 4.69) is 0 Å². The van der Waals surface area contributed by atoms with E-state index in [1.54, 1.807) is 0 Å². The number of rotatable bonds is 1. The first-order chi connectivity index (χ1) is 6.45. The van der Waals surface area contributed by atoms with Crippen LogP contribution in [0.3, 0.4) is 0 Å². The molecule has 0 aliphatic carbocycles. The second-order valence-corrected chi connectivity index (χ2v) is 3.40. The zero-order valence-electron chi connectivity index (χ0n) is 7.51. The molecule has 0 aromatic heterocycles. The van der Waals surface area contributed by atoms with Crippen molar-refractivity contribution in [3.63, 3.8) is 0 Å². The Kier molecular flexibility index (Phi) is 3.36. The maximum atomic E-state index is 12.0. The molecule has 0 N–H and O–H groups in total. The van der Waals surface area contributed by atoms with Crippen molar-refractivity contribution in [3.05, 3.63) is 0 Å². The van der Waals surface area contributed by atoms with Crippen molar-refractivity contribution in [1.82, 2.24) is 4.90 Å². The molecular formula is C8H11F3NO2. The van der Waals surface area contributed by atoms with Crippen LogP contribution in [0.1, 0.15) is 12.8 Å². The van der Waals surface area contributed by atoms with Gasteiger partial charge in [-0.1, -0.05) is 0 Å². The van der Waals surface area contributed by atoms with E-state index < -0.39 is 12.1 Å². The predicted octanol–water partition coefficient (Wildman–Crippen LogP) is 1.22. The average molecular weight is 210 g/mol. The number of halogens is 3. The smallest absolute Gasteiger partial charge is 0.335 e. The SMILES string of the molecule is [O]CC1CCN(C(=O)C(F)(F)F)CC1. The van der Waals surface area contributed by atoms with E-state index in [4.69, 9.17) is 0 Å². The van der Waals surface area contributed by atoms with Crippen LogP contribution in [-0.4, -0.2) is 36.7 Å². The van der Waals surface area contributed by atoms with E-state index in [9.17, 15) is 23.1 Å². The minimum Gasteiger partial charge on any atom is -0.335 e. The van der Waals surface area contributed by atoms with Gasteiger partial charge in [-0.15, -0.1) is 0 Å². The molecule has 81 valence electrons. The van der Waals surface area contributed by atoms with Crippen molar-refractivity contribution < 1.29 is 23.1 Å². The van der Waals surface area contributed by atoms with Gasteiger partial charge < -0.3 is 4.90 Å². The van der Waals surface area contributed by atoms with Crippen LogP contribution in [0, 0.1) is 5.92 Å². The molecule has 1 radical (unpaired) electrons. The van der Waals surface area contributed by atoms with Crippen LogP contribution >= 0.6 is 0 Å². The molecule has 0 aromatic carbocycles. The van der Waals surface area contributed by atoms with Crippen molar-refractivity contribution in [1.29, 1.82) is 0 Å². The summed E-state index contributed by atoms with van der Waals surface area (Å²) in [6.07, 6.45) is -4.03. The predicted molar refractivity (Wildman–Crippen MR) is 40.9 cm³/mol. The summed E-state index contributed by atoms with van der Waals surface area (Å²) in [6, 6.07) is 0. The maximum Gasteiger partial charge on any atom is 0.471 e. The van der Waals surface area contributed by atoms with Crippen LogP contribution < -0.4 is 0 Å². The molecule has 1 rings (SSSR count). The Labute approximate surface area is 79.5 Å². The molecule has 14 heavy (non-hydrogen) atoms. The fraction of sp³-hybridized carbons (Fsp3) is 0.875. The first-order valence-corrected chi connectivity index (χ1v) is 4.39. The highest BCUT2D eigenvalue weighted by Crippen LogP contribution is 2.23. The number of hydrogen-bond acceptors (Lipinski definition) is 1. The molecule has 1 saturated heterocycles. The average Bonchev–Trinajstić information content (AvgIpc) is 2.15. The van der Waals surface area contributed by atoms with Gasteiger partial charge in [-0.3, -0.25) is 4.79 Å². The topological polar surface area (TPSA) is 40.2 Å². The number of alkyl halides is 3. The van der Waals surface area contributed by atoms with Crippen LogP contribution in [0.5, 0.6) is 0 Å². The number of likely N-dealkylation sites (tertiary alicyclic amines) is 1. The second-order valence-electron chi connectivity index (χ2n) is 3.40. The molecule has 0 spiro atoms. The van der Waals surface area contributed by atoms with Crippen molar-refractivity contribution in [2.75, 3.05) is 19.7 Å². The number of amides is 1. The standard InChI is InChI=1S/C8H11F3NO2/c9-8(10,11)7(14)12-3-1-6(5-13)2-4-12/h6H,1-5H2. The lowest BCUT2D eigenvalue weighted by Gasteiger charge is -2.31. The highest BCUT2D eigenvalue weighted by atomic mass is 19.4. The van der Waals surface area contributed by atoms with E-state index in [1.807, 2.05) is 0 Å². The van der Waals surface area contributed by atoms with Crippen molar-refractivity contribution in [3.8, 4) is 0 Å². The second kappa shape index (κ2) is 4.16. The van der Waals surface area contributed by atoms with Gasteiger partial charge in [0.2, 0.25) is 0 Å². The first kappa shape index (κ1) is 11.3. The Hall–Kier alpha value is -0.780. The number of hydrogen-bond donors (Lipinski definition) is 0. The summed E-state index contributed by atoms with van der Waals surface area (Å²) in [6.45, 7) is -0.176. The molecule has 0 aromatic rings. The lowest BCUT2D eigenvalue weighted by molar-refractivity contribution is -0.186. The Bertz CT molecular complexity index is 209. The number of carbonyl (C=O) groups is 1. The largest absolute Gasteiger partial charge is 0.471 e. The molecule has 1 aliphatic heterocycles. The number of nitrogens with zero attached hydrogens (tertiary/aromatic N) is 1. The van der Waals surface area contributed by atoms with E-state index >= 15 is 0 Å². The van der Waals surface area contributed by atoms with Gasteiger partial charge in [0.1, 0.15) is 0 Å². The van der Waals surface area contributed by atoms with Crippen LogP contribution in [0.2, 0.25) is 0 Å². The van der Waals surface area contributed by atoms with Gasteiger partial charge >= 0.3 is 12.1 Å². The van der Waals surface area contributed by atoms with Gasteiger partial charge in [-0.25, -0.2) is 5.11 Å². The van der Waals surface area contributed by atoms with Crippen molar-refractivity contribution in [2.24, 2.45) is 5.92 Å². The van der Waals surface area contributed by atoms with E-state index in [-0.39, 0.29) is 25.6 Å². The van der Waals surface area contributed by atoms with E-state index in [0.29, 0.717) is 12.8 Å². The molecule has 1 amide bonds. The van der Waals surface area contributed by atoms with Gasteiger partial charge in [0, 0.05) is 13.1 Å². The third kappa shape index (κ3) is 2.60. The normalized spacial score (nSPS) is 19.9.